The topological polar surface area (TPSA) is 92.2 Å². The van der Waals surface area contributed by atoms with E-state index < -0.39 is 36.4 Å². The summed E-state index contributed by atoms with van der Waals surface area (Å²) in [6.07, 6.45) is -2.56. The van der Waals surface area contributed by atoms with Gasteiger partial charge in [0.15, 0.2) is 0 Å². The lowest BCUT2D eigenvalue weighted by molar-refractivity contribution is -0.140. The van der Waals surface area contributed by atoms with Gasteiger partial charge in [0.2, 0.25) is 5.91 Å². The number of nitrogens with zero attached hydrogens (tertiary/aromatic N) is 4. The molecule has 2 N–H and O–H groups in total. The molecule has 0 unspecified atom stereocenters. The Hall–Kier alpha value is -3.48. The Morgan fingerprint density at radius 3 is 2.53 bits per heavy atom. The van der Waals surface area contributed by atoms with Gasteiger partial charge >= 0.3 is 12.7 Å². The van der Waals surface area contributed by atoms with E-state index in [1.807, 2.05) is 0 Å². The van der Waals surface area contributed by atoms with E-state index >= 15 is 0 Å². The lowest BCUT2D eigenvalue weighted by Gasteiger charge is -2.38. The molecule has 3 heterocycles. The lowest BCUT2D eigenvalue weighted by Crippen LogP contribution is -2.55. The van der Waals surface area contributed by atoms with Crippen LogP contribution >= 0.6 is 11.6 Å². The quantitative estimate of drug-likeness (QED) is 0.479. The number of rotatable bonds is 5. The van der Waals surface area contributed by atoms with Gasteiger partial charge in [-0.25, -0.2) is 9.67 Å². The molecule has 192 valence electrons. The highest BCUT2D eigenvalue weighted by molar-refractivity contribution is 6.31. The first-order valence-electron chi connectivity index (χ1n) is 10.7. The maximum absolute atomic E-state index is 13.5. The third kappa shape index (κ3) is 5.66. The number of nitrogens with one attached hydrogen (secondary N) is 2. The molecule has 1 aliphatic heterocycles. The molecule has 2 atom stereocenters. The van der Waals surface area contributed by atoms with Gasteiger partial charge in [-0.1, -0.05) is 11.6 Å². The molecule has 3 aromatic rings. The van der Waals surface area contributed by atoms with Crippen molar-refractivity contribution in [1.29, 1.82) is 0 Å². The molecular formula is C22H20ClF5N6O2. The van der Waals surface area contributed by atoms with E-state index in [9.17, 15) is 31.5 Å². The molecule has 2 aromatic heterocycles. The van der Waals surface area contributed by atoms with E-state index in [1.165, 1.54) is 30.0 Å². The summed E-state index contributed by atoms with van der Waals surface area (Å²) in [5.41, 5.74) is -0.991. The van der Waals surface area contributed by atoms with Gasteiger partial charge in [0, 0.05) is 54.4 Å². The van der Waals surface area contributed by atoms with E-state index in [0.29, 0.717) is 15.1 Å². The first-order valence-corrected chi connectivity index (χ1v) is 11.1. The maximum atomic E-state index is 13.5. The minimum Gasteiger partial charge on any atom is -0.380 e. The predicted molar refractivity (Wildman–Crippen MR) is 121 cm³/mol. The monoisotopic (exact) mass is 530 g/mol. The largest absolute Gasteiger partial charge is 0.433 e. The Bertz CT molecular complexity index is 1300. The Morgan fingerprint density at radius 2 is 1.89 bits per heavy atom. The first kappa shape index (κ1) is 25.6. The summed E-state index contributed by atoms with van der Waals surface area (Å²) in [5, 5.41) is 9.82. The molecule has 0 bridgehead atoms. The Kier molecular flexibility index (Phi) is 7.03. The van der Waals surface area contributed by atoms with Gasteiger partial charge in [0.25, 0.3) is 5.91 Å². The fraction of sp³-hybridized carbons (Fsp3) is 0.364. The van der Waals surface area contributed by atoms with Crippen LogP contribution in [-0.2, 0) is 11.0 Å². The fourth-order valence-corrected chi connectivity index (χ4v) is 4.25. The van der Waals surface area contributed by atoms with Crippen molar-refractivity contribution < 1.29 is 31.5 Å². The van der Waals surface area contributed by atoms with Crippen molar-refractivity contribution in [3.05, 3.63) is 52.9 Å². The summed E-state index contributed by atoms with van der Waals surface area (Å²) in [4.78, 5) is 29.8. The standard InChI is InChI=1S/C22H20ClF5N6O2/c1-11(35)33-9-14(5-15(10-33)31-20(36)12-7-29-34(8-12)21(24)25)30-18-6-19(22(26,27)28)32-17-3-2-13(23)4-16(17)18/h2-4,6-8,14-15,21H,5,9-10H2,1H3,(H,30,32)(H,31,36)/t14-,15+/m1/s1. The molecule has 1 fully saturated rings. The van der Waals surface area contributed by atoms with Crippen LogP contribution in [0.15, 0.2) is 36.7 Å². The van der Waals surface area contributed by atoms with Crippen LogP contribution in [0.1, 0.15) is 35.9 Å². The minimum atomic E-state index is -4.69. The average Bonchev–Trinajstić information content (AvgIpc) is 3.29. The predicted octanol–water partition coefficient (Wildman–Crippen LogP) is 4.33. The summed E-state index contributed by atoms with van der Waals surface area (Å²) < 4.78 is 66.3. The number of likely N-dealkylation sites (tertiary alicyclic amines) is 1. The van der Waals surface area contributed by atoms with E-state index in [4.69, 9.17) is 11.6 Å². The van der Waals surface area contributed by atoms with Crippen LogP contribution in [-0.4, -0.2) is 56.7 Å². The van der Waals surface area contributed by atoms with Gasteiger partial charge in [0.05, 0.1) is 17.3 Å². The van der Waals surface area contributed by atoms with Gasteiger partial charge in [-0.05, 0) is 30.7 Å². The molecule has 1 aromatic carbocycles. The second-order valence-electron chi connectivity index (χ2n) is 8.37. The van der Waals surface area contributed by atoms with E-state index in [-0.39, 0.29) is 42.2 Å². The molecule has 1 saturated heterocycles. The van der Waals surface area contributed by atoms with Crippen molar-refractivity contribution in [2.75, 3.05) is 18.4 Å². The minimum absolute atomic E-state index is 0.0804. The number of halogens is 6. The first-order chi connectivity index (χ1) is 16.9. The number of fused-ring (bicyclic) bond motifs is 1. The van der Waals surface area contributed by atoms with E-state index in [0.717, 1.165) is 18.5 Å². The Morgan fingerprint density at radius 1 is 1.17 bits per heavy atom. The number of alkyl halides is 5. The van der Waals surface area contributed by atoms with Crippen molar-refractivity contribution in [2.45, 2.75) is 38.2 Å². The van der Waals surface area contributed by atoms with Gasteiger partial charge in [0.1, 0.15) is 5.69 Å². The zero-order chi connectivity index (χ0) is 26.2. The Balaban J connectivity index is 1.59. The van der Waals surface area contributed by atoms with Crippen LogP contribution in [0.4, 0.5) is 27.6 Å². The summed E-state index contributed by atoms with van der Waals surface area (Å²) in [6, 6.07) is 4.00. The van der Waals surface area contributed by atoms with Crippen LogP contribution in [0, 0.1) is 0 Å². The SMILES string of the molecule is CC(=O)N1C[C@@H](NC(=O)c2cnn(C(F)F)c2)C[C@@H](Nc2cc(C(F)(F)F)nc3ccc(Cl)cc23)C1. The van der Waals surface area contributed by atoms with Gasteiger partial charge in [-0.15, -0.1) is 0 Å². The number of benzene rings is 1. The third-order valence-electron chi connectivity index (χ3n) is 5.72. The van der Waals surface area contributed by atoms with Gasteiger partial charge in [-0.2, -0.15) is 27.1 Å². The Labute approximate surface area is 206 Å². The zero-order valence-corrected chi connectivity index (χ0v) is 19.4. The zero-order valence-electron chi connectivity index (χ0n) is 18.7. The molecular weight excluding hydrogens is 511 g/mol. The highest BCUT2D eigenvalue weighted by Crippen LogP contribution is 2.34. The normalized spacial score (nSPS) is 18.5. The summed E-state index contributed by atoms with van der Waals surface area (Å²) in [5.74, 6) is -0.971. The van der Waals surface area contributed by atoms with Crippen molar-refractivity contribution >= 4 is 40.0 Å². The molecule has 4 rings (SSSR count). The number of piperidine rings is 1. The van der Waals surface area contributed by atoms with Crippen LogP contribution in [0.2, 0.25) is 5.02 Å². The van der Waals surface area contributed by atoms with E-state index in [1.54, 1.807) is 0 Å². The number of anilines is 1. The smallest absolute Gasteiger partial charge is 0.380 e. The average molecular weight is 531 g/mol. The summed E-state index contributed by atoms with van der Waals surface area (Å²) in [6.45, 7) is -1.28. The summed E-state index contributed by atoms with van der Waals surface area (Å²) in [7, 11) is 0. The van der Waals surface area contributed by atoms with Crippen molar-refractivity contribution in [3.63, 3.8) is 0 Å². The molecule has 8 nitrogen and oxygen atoms in total. The molecule has 0 aliphatic carbocycles. The molecule has 0 spiro atoms. The second-order valence-corrected chi connectivity index (χ2v) is 8.81. The number of carbonyl (C=O) groups is 2. The van der Waals surface area contributed by atoms with Crippen LogP contribution in [0.5, 0.6) is 0 Å². The molecule has 1 aliphatic rings. The van der Waals surface area contributed by atoms with Crippen LogP contribution in [0.25, 0.3) is 10.9 Å². The molecule has 36 heavy (non-hydrogen) atoms. The number of carbonyl (C=O) groups excluding carboxylic acids is 2. The number of hydrogen-bond acceptors (Lipinski definition) is 5. The lowest BCUT2D eigenvalue weighted by atomic mass is 9.99. The van der Waals surface area contributed by atoms with E-state index in [2.05, 4.69) is 20.7 Å². The fourth-order valence-electron chi connectivity index (χ4n) is 4.08. The number of aromatic nitrogens is 3. The van der Waals surface area contributed by atoms with Crippen molar-refractivity contribution in [1.82, 2.24) is 25.0 Å². The highest BCUT2D eigenvalue weighted by Gasteiger charge is 2.35. The molecule has 0 radical (unpaired) electrons. The highest BCUT2D eigenvalue weighted by atomic mass is 35.5. The number of hydrogen-bond donors (Lipinski definition) is 2. The third-order valence-corrected chi connectivity index (χ3v) is 5.95. The number of pyridine rings is 1. The van der Waals surface area contributed by atoms with Crippen molar-refractivity contribution in [3.8, 4) is 0 Å². The summed E-state index contributed by atoms with van der Waals surface area (Å²) >= 11 is 6.06. The second kappa shape index (κ2) is 9.88. The van der Waals surface area contributed by atoms with Gasteiger partial charge in [-0.3, -0.25) is 9.59 Å². The van der Waals surface area contributed by atoms with Crippen LogP contribution < -0.4 is 10.6 Å². The molecule has 2 amide bonds. The molecule has 0 saturated carbocycles. The number of amides is 2. The van der Waals surface area contributed by atoms with Crippen molar-refractivity contribution in [2.24, 2.45) is 0 Å². The van der Waals surface area contributed by atoms with Crippen LogP contribution in [0.3, 0.4) is 0 Å². The molecule has 14 heteroatoms. The van der Waals surface area contributed by atoms with Gasteiger partial charge < -0.3 is 15.5 Å². The maximum Gasteiger partial charge on any atom is 0.433 e.